The van der Waals surface area contributed by atoms with E-state index in [4.69, 9.17) is 14.2 Å². The number of fused-ring (bicyclic) bond motifs is 1. The molecule has 0 unspecified atom stereocenters. The summed E-state index contributed by atoms with van der Waals surface area (Å²) in [6.45, 7) is 7.58. The summed E-state index contributed by atoms with van der Waals surface area (Å²) in [6.07, 6.45) is 1.72. The molecule has 0 spiro atoms. The zero-order valence-electron chi connectivity index (χ0n) is 18.0. The Morgan fingerprint density at radius 2 is 2.03 bits per heavy atom. The molecule has 7 heteroatoms. The molecule has 0 bridgehead atoms. The molecule has 2 fully saturated rings. The Hall–Kier alpha value is -0.990. The quantitative estimate of drug-likeness (QED) is 0.469. The minimum Gasteiger partial charge on any atom is -0.454 e. The van der Waals surface area contributed by atoms with E-state index in [-0.39, 0.29) is 24.5 Å². The molecule has 166 valence electrons. The highest BCUT2D eigenvalue weighted by Gasteiger charge is 2.48. The highest BCUT2D eigenvalue weighted by Crippen LogP contribution is 2.53. The molecular formula is C22H36O7. The van der Waals surface area contributed by atoms with Crippen LogP contribution < -0.4 is 0 Å². The van der Waals surface area contributed by atoms with Gasteiger partial charge in [0.25, 0.3) is 0 Å². The van der Waals surface area contributed by atoms with E-state index in [2.05, 4.69) is 6.92 Å². The van der Waals surface area contributed by atoms with Gasteiger partial charge in [-0.2, -0.15) is 0 Å². The maximum absolute atomic E-state index is 11.5. The number of esters is 1. The van der Waals surface area contributed by atoms with Crippen molar-refractivity contribution in [1.29, 1.82) is 0 Å². The van der Waals surface area contributed by atoms with Crippen molar-refractivity contribution < 1.29 is 34.3 Å². The van der Waals surface area contributed by atoms with Crippen molar-refractivity contribution in [1.82, 2.24) is 0 Å². The van der Waals surface area contributed by atoms with Crippen LogP contribution >= 0.6 is 0 Å². The monoisotopic (exact) mass is 412 g/mol. The van der Waals surface area contributed by atoms with Crippen molar-refractivity contribution in [3.05, 3.63) is 11.1 Å². The molecule has 1 aliphatic heterocycles. The van der Waals surface area contributed by atoms with Gasteiger partial charge in [0, 0.05) is 6.92 Å². The Kier molecular flexibility index (Phi) is 6.75. The summed E-state index contributed by atoms with van der Waals surface area (Å²) in [4.78, 5) is 11.5. The lowest BCUT2D eigenvalue weighted by molar-refractivity contribution is -0.307. The van der Waals surface area contributed by atoms with Gasteiger partial charge in [-0.3, -0.25) is 4.79 Å². The standard InChI is InChI=1S/C22H36O7/c1-13(24)28-19-18(26)17(25)12-27-20(19)29-21(2,3)15-7-9-22(4)8-5-6-14(11-23)16(22)10-15/h15,17-20,23,25-26H,5-12H2,1-4H3/t15-,17-,18+,19-,20+,22-/m1/s1. The maximum atomic E-state index is 11.5. The third kappa shape index (κ3) is 4.69. The lowest BCUT2D eigenvalue weighted by Gasteiger charge is -2.49. The second kappa shape index (κ2) is 8.63. The molecule has 1 saturated carbocycles. The van der Waals surface area contributed by atoms with Crippen molar-refractivity contribution in [3.63, 3.8) is 0 Å². The largest absolute Gasteiger partial charge is 0.454 e. The second-order valence-corrected chi connectivity index (χ2v) is 9.65. The molecule has 3 rings (SSSR count). The number of carbonyl (C=O) groups is 1. The summed E-state index contributed by atoms with van der Waals surface area (Å²) in [7, 11) is 0. The minimum absolute atomic E-state index is 0.0811. The Morgan fingerprint density at radius 3 is 2.69 bits per heavy atom. The first-order valence-electron chi connectivity index (χ1n) is 10.7. The number of hydrogen-bond acceptors (Lipinski definition) is 7. The molecular weight excluding hydrogens is 376 g/mol. The fourth-order valence-electron chi connectivity index (χ4n) is 5.28. The summed E-state index contributed by atoms with van der Waals surface area (Å²) in [6, 6.07) is 0. The van der Waals surface area contributed by atoms with E-state index >= 15 is 0 Å². The third-order valence-corrected chi connectivity index (χ3v) is 7.18. The molecule has 3 N–H and O–H groups in total. The van der Waals surface area contributed by atoms with Crippen LogP contribution in [0.4, 0.5) is 0 Å². The zero-order chi connectivity index (χ0) is 21.4. The van der Waals surface area contributed by atoms with Gasteiger partial charge < -0.3 is 29.5 Å². The highest BCUT2D eigenvalue weighted by atomic mass is 16.7. The van der Waals surface area contributed by atoms with Crippen molar-refractivity contribution >= 4 is 5.97 Å². The zero-order valence-corrected chi connectivity index (χ0v) is 18.0. The van der Waals surface area contributed by atoms with Crippen LogP contribution in [-0.4, -0.2) is 64.7 Å². The Bertz CT molecular complexity index is 643. The second-order valence-electron chi connectivity index (χ2n) is 9.65. The summed E-state index contributed by atoms with van der Waals surface area (Å²) >= 11 is 0. The summed E-state index contributed by atoms with van der Waals surface area (Å²) in [5.41, 5.74) is 2.10. The number of carbonyl (C=O) groups excluding carboxylic acids is 1. The number of allylic oxidation sites excluding steroid dienone is 1. The van der Waals surface area contributed by atoms with Crippen LogP contribution in [0.3, 0.4) is 0 Å². The Morgan fingerprint density at radius 1 is 1.31 bits per heavy atom. The predicted molar refractivity (Wildman–Crippen MR) is 106 cm³/mol. The van der Waals surface area contributed by atoms with Gasteiger partial charge in [0.2, 0.25) is 0 Å². The van der Waals surface area contributed by atoms with E-state index in [0.717, 1.165) is 38.5 Å². The molecule has 0 aromatic heterocycles. The van der Waals surface area contributed by atoms with Crippen molar-refractivity contribution in [3.8, 4) is 0 Å². The van der Waals surface area contributed by atoms with Gasteiger partial charge in [0.05, 0.1) is 18.8 Å². The number of rotatable bonds is 5. The van der Waals surface area contributed by atoms with Crippen LogP contribution in [0.15, 0.2) is 11.1 Å². The van der Waals surface area contributed by atoms with Gasteiger partial charge in [-0.15, -0.1) is 0 Å². The molecule has 7 nitrogen and oxygen atoms in total. The summed E-state index contributed by atoms with van der Waals surface area (Å²) < 4.78 is 17.1. The van der Waals surface area contributed by atoms with Crippen LogP contribution in [-0.2, 0) is 19.0 Å². The molecule has 0 radical (unpaired) electrons. The molecule has 0 amide bonds. The first-order chi connectivity index (χ1) is 13.6. The first kappa shape index (κ1) is 22.7. The normalized spacial score (nSPS) is 38.5. The molecule has 2 aliphatic carbocycles. The van der Waals surface area contributed by atoms with Gasteiger partial charge in [0.1, 0.15) is 12.2 Å². The first-order valence-corrected chi connectivity index (χ1v) is 10.7. The molecule has 6 atom stereocenters. The molecule has 1 saturated heterocycles. The minimum atomic E-state index is -1.26. The predicted octanol–water partition coefficient (Wildman–Crippen LogP) is 2.07. The van der Waals surface area contributed by atoms with Crippen molar-refractivity contribution in [2.24, 2.45) is 11.3 Å². The SMILES string of the molecule is CC(=O)O[C@H]1[C@H](OC(C)(C)[C@@H]2CC[C@@]3(C)CCCC(CO)=C3C2)OC[C@@H](O)[C@@H]1O. The average molecular weight is 413 g/mol. The number of aliphatic hydroxyl groups excluding tert-OH is 3. The fraction of sp³-hybridized carbons (Fsp3) is 0.864. The van der Waals surface area contributed by atoms with Crippen LogP contribution in [0, 0.1) is 11.3 Å². The molecule has 3 aliphatic rings. The Balaban J connectivity index is 1.76. The van der Waals surface area contributed by atoms with Gasteiger partial charge in [-0.1, -0.05) is 12.5 Å². The van der Waals surface area contributed by atoms with Crippen LogP contribution in [0.1, 0.15) is 66.2 Å². The lowest BCUT2D eigenvalue weighted by atomic mass is 9.59. The maximum Gasteiger partial charge on any atom is 0.303 e. The summed E-state index contributed by atoms with van der Waals surface area (Å²) in [5, 5.41) is 30.0. The van der Waals surface area contributed by atoms with E-state index in [1.165, 1.54) is 18.1 Å². The highest BCUT2D eigenvalue weighted by molar-refractivity contribution is 5.66. The molecule has 1 heterocycles. The smallest absolute Gasteiger partial charge is 0.303 e. The van der Waals surface area contributed by atoms with Crippen molar-refractivity contribution in [2.45, 2.75) is 96.4 Å². The van der Waals surface area contributed by atoms with Crippen LogP contribution in [0.25, 0.3) is 0 Å². The number of hydrogen-bond donors (Lipinski definition) is 3. The number of ether oxygens (including phenoxy) is 3. The van der Waals surface area contributed by atoms with E-state index in [9.17, 15) is 20.1 Å². The van der Waals surface area contributed by atoms with Gasteiger partial charge in [0.15, 0.2) is 12.4 Å². The van der Waals surface area contributed by atoms with Gasteiger partial charge in [-0.05, 0) is 69.3 Å². The third-order valence-electron chi connectivity index (χ3n) is 7.18. The average Bonchev–Trinajstić information content (AvgIpc) is 2.65. The van der Waals surface area contributed by atoms with E-state index in [0.29, 0.717) is 0 Å². The van der Waals surface area contributed by atoms with E-state index in [1.807, 2.05) is 13.8 Å². The van der Waals surface area contributed by atoms with Crippen molar-refractivity contribution in [2.75, 3.05) is 13.2 Å². The Labute approximate surface area is 173 Å². The molecule has 0 aromatic carbocycles. The fourth-order valence-corrected chi connectivity index (χ4v) is 5.28. The topological polar surface area (TPSA) is 105 Å². The molecule has 29 heavy (non-hydrogen) atoms. The van der Waals surface area contributed by atoms with Crippen LogP contribution in [0.2, 0.25) is 0 Å². The summed E-state index contributed by atoms with van der Waals surface area (Å²) in [5.74, 6) is -0.359. The van der Waals surface area contributed by atoms with Gasteiger partial charge >= 0.3 is 5.97 Å². The van der Waals surface area contributed by atoms with E-state index in [1.54, 1.807) is 0 Å². The number of aliphatic hydroxyl groups is 3. The van der Waals surface area contributed by atoms with E-state index < -0.39 is 36.2 Å². The van der Waals surface area contributed by atoms with Crippen LogP contribution in [0.5, 0.6) is 0 Å². The van der Waals surface area contributed by atoms with Gasteiger partial charge in [-0.25, -0.2) is 0 Å². The lowest BCUT2D eigenvalue weighted by Crippen LogP contribution is -2.58. The molecule has 0 aromatic rings.